The molecule has 72 valence electrons. The van der Waals surface area contributed by atoms with Crippen LogP contribution in [0.3, 0.4) is 0 Å². The van der Waals surface area contributed by atoms with Crippen molar-refractivity contribution >= 4 is 16.5 Å². The number of hydrogen-bond donors (Lipinski definition) is 2. The maximum atomic E-state index is 5.54. The fourth-order valence-corrected chi connectivity index (χ4v) is 1.70. The summed E-state index contributed by atoms with van der Waals surface area (Å²) in [6, 6.07) is 5.70. The van der Waals surface area contributed by atoms with Crippen molar-refractivity contribution in [3.05, 3.63) is 29.3 Å². The average molecular weight is 206 g/mol. The standard InChI is InChI=1S/C9H10N4S/c10-4-6-2-1-3-7(12-6)8-5-14-9(11)13-8/h1-3,5H,4,10H2,(H2,11,13). The first kappa shape index (κ1) is 9.11. The van der Waals surface area contributed by atoms with E-state index >= 15 is 0 Å². The van der Waals surface area contributed by atoms with Crippen LogP contribution in [0.15, 0.2) is 23.6 Å². The van der Waals surface area contributed by atoms with Crippen LogP contribution in [0.25, 0.3) is 11.4 Å². The zero-order valence-corrected chi connectivity index (χ0v) is 8.29. The van der Waals surface area contributed by atoms with E-state index < -0.39 is 0 Å². The summed E-state index contributed by atoms with van der Waals surface area (Å²) in [6.07, 6.45) is 0. The lowest BCUT2D eigenvalue weighted by atomic mass is 10.2. The molecule has 4 nitrogen and oxygen atoms in total. The van der Waals surface area contributed by atoms with Crippen LogP contribution in [0.5, 0.6) is 0 Å². The first-order valence-electron chi connectivity index (χ1n) is 4.17. The zero-order chi connectivity index (χ0) is 9.97. The van der Waals surface area contributed by atoms with Gasteiger partial charge in [0.1, 0.15) is 5.69 Å². The normalized spacial score (nSPS) is 10.4. The van der Waals surface area contributed by atoms with Crippen LogP contribution in [0, 0.1) is 0 Å². The molecular formula is C9H10N4S. The van der Waals surface area contributed by atoms with Crippen molar-refractivity contribution in [2.24, 2.45) is 5.73 Å². The maximum absolute atomic E-state index is 5.54. The Balaban J connectivity index is 2.41. The van der Waals surface area contributed by atoms with Gasteiger partial charge in [-0.25, -0.2) is 9.97 Å². The van der Waals surface area contributed by atoms with Gasteiger partial charge < -0.3 is 11.5 Å². The molecule has 0 aliphatic carbocycles. The minimum atomic E-state index is 0.438. The Hall–Kier alpha value is -1.46. The van der Waals surface area contributed by atoms with E-state index in [2.05, 4.69) is 9.97 Å². The minimum Gasteiger partial charge on any atom is -0.375 e. The number of anilines is 1. The molecule has 2 aromatic heterocycles. The second-order valence-corrected chi connectivity index (χ2v) is 3.68. The number of nitrogens with zero attached hydrogens (tertiary/aromatic N) is 2. The molecule has 0 radical (unpaired) electrons. The van der Waals surface area contributed by atoms with Gasteiger partial charge in [-0.15, -0.1) is 11.3 Å². The van der Waals surface area contributed by atoms with Gasteiger partial charge in [0, 0.05) is 11.9 Å². The van der Waals surface area contributed by atoms with Gasteiger partial charge in [-0.3, -0.25) is 0 Å². The molecule has 0 fully saturated rings. The summed E-state index contributed by atoms with van der Waals surface area (Å²) in [4.78, 5) is 8.49. The molecule has 2 aromatic rings. The molecule has 0 bridgehead atoms. The van der Waals surface area contributed by atoms with Gasteiger partial charge in [0.15, 0.2) is 5.13 Å². The number of aromatic nitrogens is 2. The lowest BCUT2D eigenvalue weighted by Gasteiger charge is -1.98. The Labute approximate surface area is 85.6 Å². The van der Waals surface area contributed by atoms with Crippen molar-refractivity contribution in [2.45, 2.75) is 6.54 Å². The monoisotopic (exact) mass is 206 g/mol. The van der Waals surface area contributed by atoms with Crippen LogP contribution in [0.1, 0.15) is 5.69 Å². The van der Waals surface area contributed by atoms with E-state index in [-0.39, 0.29) is 0 Å². The van der Waals surface area contributed by atoms with Gasteiger partial charge in [-0.2, -0.15) is 0 Å². The summed E-state index contributed by atoms with van der Waals surface area (Å²) in [7, 11) is 0. The number of hydrogen-bond acceptors (Lipinski definition) is 5. The van der Waals surface area contributed by atoms with Crippen molar-refractivity contribution in [1.82, 2.24) is 9.97 Å². The summed E-state index contributed by atoms with van der Waals surface area (Å²) in [5.41, 5.74) is 13.5. The predicted molar refractivity (Wildman–Crippen MR) is 57.6 cm³/mol. The lowest BCUT2D eigenvalue weighted by molar-refractivity contribution is 0.992. The number of rotatable bonds is 2. The van der Waals surface area contributed by atoms with E-state index in [9.17, 15) is 0 Å². The lowest BCUT2D eigenvalue weighted by Crippen LogP contribution is -1.99. The quantitative estimate of drug-likeness (QED) is 0.775. The minimum absolute atomic E-state index is 0.438. The van der Waals surface area contributed by atoms with E-state index in [0.717, 1.165) is 17.1 Å². The fraction of sp³-hybridized carbons (Fsp3) is 0.111. The van der Waals surface area contributed by atoms with Crippen LogP contribution in [0.2, 0.25) is 0 Å². The number of nitrogens with two attached hydrogens (primary N) is 2. The van der Waals surface area contributed by atoms with E-state index in [4.69, 9.17) is 11.5 Å². The van der Waals surface area contributed by atoms with E-state index in [1.165, 1.54) is 11.3 Å². The SMILES string of the molecule is NCc1cccc(-c2csc(N)n2)n1. The molecule has 0 saturated carbocycles. The highest BCUT2D eigenvalue weighted by Gasteiger charge is 2.03. The van der Waals surface area contributed by atoms with Gasteiger partial charge in [-0.1, -0.05) is 6.07 Å². The molecule has 0 aromatic carbocycles. The highest BCUT2D eigenvalue weighted by atomic mass is 32.1. The summed E-state index contributed by atoms with van der Waals surface area (Å²) in [6.45, 7) is 0.438. The van der Waals surface area contributed by atoms with Crippen molar-refractivity contribution in [3.63, 3.8) is 0 Å². The van der Waals surface area contributed by atoms with Crippen molar-refractivity contribution in [1.29, 1.82) is 0 Å². The molecule has 4 N–H and O–H groups in total. The van der Waals surface area contributed by atoms with Crippen LogP contribution < -0.4 is 11.5 Å². The molecule has 0 saturated heterocycles. The summed E-state index contributed by atoms with van der Waals surface area (Å²) < 4.78 is 0. The fourth-order valence-electron chi connectivity index (χ4n) is 1.14. The Kier molecular flexibility index (Phi) is 2.43. The first-order chi connectivity index (χ1) is 6.79. The molecule has 0 atom stereocenters. The van der Waals surface area contributed by atoms with Crippen molar-refractivity contribution in [2.75, 3.05) is 5.73 Å². The van der Waals surface area contributed by atoms with Gasteiger partial charge in [0.25, 0.3) is 0 Å². The largest absolute Gasteiger partial charge is 0.375 e. The van der Waals surface area contributed by atoms with Gasteiger partial charge in [0.05, 0.1) is 11.4 Å². The number of thiazole rings is 1. The number of pyridine rings is 1. The Morgan fingerprint density at radius 2 is 2.07 bits per heavy atom. The summed E-state index contributed by atoms with van der Waals surface area (Å²) >= 11 is 1.41. The van der Waals surface area contributed by atoms with Crippen molar-refractivity contribution in [3.8, 4) is 11.4 Å². The molecule has 14 heavy (non-hydrogen) atoms. The van der Waals surface area contributed by atoms with E-state index in [0.29, 0.717) is 11.7 Å². The molecule has 0 unspecified atom stereocenters. The molecule has 0 aliphatic heterocycles. The Bertz CT molecular complexity index is 438. The third-order valence-corrected chi connectivity index (χ3v) is 2.47. The topological polar surface area (TPSA) is 77.8 Å². The highest BCUT2D eigenvalue weighted by molar-refractivity contribution is 7.13. The molecular weight excluding hydrogens is 196 g/mol. The van der Waals surface area contributed by atoms with Gasteiger partial charge >= 0.3 is 0 Å². The smallest absolute Gasteiger partial charge is 0.180 e. The molecule has 5 heteroatoms. The Morgan fingerprint density at radius 3 is 2.71 bits per heavy atom. The molecule has 0 aliphatic rings. The van der Waals surface area contributed by atoms with Crippen LogP contribution in [-0.2, 0) is 6.54 Å². The van der Waals surface area contributed by atoms with Crippen LogP contribution in [-0.4, -0.2) is 9.97 Å². The summed E-state index contributed by atoms with van der Waals surface area (Å²) in [5.74, 6) is 0. The van der Waals surface area contributed by atoms with E-state index in [1.54, 1.807) is 0 Å². The predicted octanol–water partition coefficient (Wildman–Crippen LogP) is 1.25. The summed E-state index contributed by atoms with van der Waals surface area (Å²) in [5, 5.41) is 2.44. The second-order valence-electron chi connectivity index (χ2n) is 2.79. The average Bonchev–Trinajstić information content (AvgIpc) is 2.65. The highest BCUT2D eigenvalue weighted by Crippen LogP contribution is 2.21. The number of nitrogen functional groups attached to an aromatic ring is 1. The molecule has 0 amide bonds. The molecule has 0 spiro atoms. The molecule has 2 rings (SSSR count). The van der Waals surface area contributed by atoms with Crippen molar-refractivity contribution < 1.29 is 0 Å². The molecule has 2 heterocycles. The third-order valence-electron chi connectivity index (χ3n) is 1.80. The van der Waals surface area contributed by atoms with Gasteiger partial charge in [0.2, 0.25) is 0 Å². The third kappa shape index (κ3) is 1.73. The zero-order valence-electron chi connectivity index (χ0n) is 7.47. The van der Waals surface area contributed by atoms with Gasteiger partial charge in [-0.05, 0) is 12.1 Å². The van der Waals surface area contributed by atoms with Crippen LogP contribution in [0.4, 0.5) is 5.13 Å². The van der Waals surface area contributed by atoms with Crippen LogP contribution >= 0.6 is 11.3 Å². The maximum Gasteiger partial charge on any atom is 0.180 e. The first-order valence-corrected chi connectivity index (χ1v) is 5.05. The van der Waals surface area contributed by atoms with E-state index in [1.807, 2.05) is 23.6 Å². The Morgan fingerprint density at radius 1 is 1.21 bits per heavy atom. The second kappa shape index (κ2) is 3.73.